The van der Waals surface area contributed by atoms with E-state index in [2.05, 4.69) is 203 Å². The molecular weight excluding hydrogens is 692 g/mol. The van der Waals surface area contributed by atoms with Crippen molar-refractivity contribution in [1.29, 1.82) is 0 Å². The van der Waals surface area contributed by atoms with Crippen LogP contribution in [0.3, 0.4) is 0 Å². The van der Waals surface area contributed by atoms with E-state index < -0.39 is 25.4 Å². The molecule has 0 aliphatic rings. The van der Waals surface area contributed by atoms with Crippen molar-refractivity contribution in [2.24, 2.45) is 0 Å². The maximum Gasteiger partial charge on any atom is 0.334 e. The smallest absolute Gasteiger partial charge is 0.305 e. The molecule has 6 aromatic carbocycles. The largest absolute Gasteiger partial charge is 0.334 e. The lowest BCUT2D eigenvalue weighted by Gasteiger charge is -2.41. The van der Waals surface area contributed by atoms with Crippen LogP contribution in [-0.2, 0) is 52.1 Å². The molecule has 0 fully saturated rings. The minimum atomic E-state index is -1.85. The zero-order valence-corrected chi connectivity index (χ0v) is 33.8. The number of aryl methyl sites for hydroxylation is 3. The van der Waals surface area contributed by atoms with E-state index in [1.165, 1.54) is 33.4 Å². The van der Waals surface area contributed by atoms with Gasteiger partial charge in [-0.3, -0.25) is 0 Å². The van der Waals surface area contributed by atoms with Crippen LogP contribution in [0.5, 0.6) is 0 Å². The minimum absolute atomic E-state index is 0.566. The summed E-state index contributed by atoms with van der Waals surface area (Å²) < 4.78 is 22.4. The van der Waals surface area contributed by atoms with Gasteiger partial charge in [0.15, 0.2) is 0 Å². The molecular formula is C51H57O3P. The lowest BCUT2D eigenvalue weighted by atomic mass is 9.90. The maximum absolute atomic E-state index is 7.46. The van der Waals surface area contributed by atoms with Gasteiger partial charge in [0.05, 0.1) is 16.8 Å². The Bertz CT molecular complexity index is 1710. The molecule has 0 spiro atoms. The van der Waals surface area contributed by atoms with Gasteiger partial charge in [-0.25, -0.2) is 0 Å². The van der Waals surface area contributed by atoms with E-state index in [0.717, 1.165) is 57.8 Å². The molecule has 3 atom stereocenters. The minimum Gasteiger partial charge on any atom is -0.305 e. The van der Waals surface area contributed by atoms with Gasteiger partial charge < -0.3 is 13.6 Å². The summed E-state index contributed by atoms with van der Waals surface area (Å²) >= 11 is 0. The number of hydrogen-bond acceptors (Lipinski definition) is 3. The highest BCUT2D eigenvalue weighted by Gasteiger charge is 2.41. The summed E-state index contributed by atoms with van der Waals surface area (Å²) in [7, 11) is -1.85. The Balaban J connectivity index is 1.37. The molecule has 6 aromatic rings. The van der Waals surface area contributed by atoms with Gasteiger partial charge in [0, 0.05) is 19.3 Å². The Morgan fingerprint density at radius 1 is 0.309 bits per heavy atom. The van der Waals surface area contributed by atoms with E-state index in [4.69, 9.17) is 13.6 Å². The molecule has 0 saturated carbocycles. The fourth-order valence-electron chi connectivity index (χ4n) is 7.34. The zero-order valence-electron chi connectivity index (χ0n) is 32.9. The van der Waals surface area contributed by atoms with Crippen molar-refractivity contribution in [3.05, 3.63) is 215 Å². The summed E-state index contributed by atoms with van der Waals surface area (Å²) in [5.41, 5.74) is 5.90. The second kappa shape index (κ2) is 20.0. The first kappa shape index (κ1) is 40.3. The van der Waals surface area contributed by atoms with Crippen molar-refractivity contribution >= 4 is 8.60 Å². The average Bonchev–Trinajstić information content (AvgIpc) is 3.21. The number of hydrogen-bond donors (Lipinski definition) is 0. The lowest BCUT2D eigenvalue weighted by molar-refractivity contribution is -0.0363. The first-order valence-electron chi connectivity index (χ1n) is 19.9. The van der Waals surface area contributed by atoms with Gasteiger partial charge in [0.2, 0.25) is 0 Å². The summed E-state index contributed by atoms with van der Waals surface area (Å²) in [5, 5.41) is 0. The standard InChI is InChI=1S/C51H57O3P/c1-49(40-46-28-16-7-17-29-46,37-34-43-22-10-4-11-23-43)52-55(53-50(2,41-47-30-18-8-19-31-47)38-35-44-24-12-5-13-25-44)54-51(3,42-48-32-20-9-21-33-48)39-36-45-26-14-6-15-27-45/h4-33H,34-42H2,1-3H3. The van der Waals surface area contributed by atoms with Crippen molar-refractivity contribution in [2.75, 3.05) is 0 Å². The van der Waals surface area contributed by atoms with Crippen molar-refractivity contribution in [3.8, 4) is 0 Å². The Morgan fingerprint density at radius 3 is 0.727 bits per heavy atom. The summed E-state index contributed by atoms with van der Waals surface area (Å²) in [6.07, 6.45) is 7.33. The van der Waals surface area contributed by atoms with Gasteiger partial charge in [-0.1, -0.05) is 182 Å². The SMILES string of the molecule is CC(CCc1ccccc1)(Cc1ccccc1)OP(OC(C)(CCc1ccccc1)Cc1ccccc1)OC(C)(CCc1ccccc1)Cc1ccccc1. The highest BCUT2D eigenvalue weighted by molar-refractivity contribution is 7.41. The molecule has 284 valence electrons. The predicted molar refractivity (Wildman–Crippen MR) is 230 cm³/mol. The molecule has 0 aliphatic carbocycles. The van der Waals surface area contributed by atoms with Gasteiger partial charge in [-0.2, -0.15) is 0 Å². The van der Waals surface area contributed by atoms with Gasteiger partial charge >= 0.3 is 8.60 Å². The Kier molecular flexibility index (Phi) is 14.6. The molecule has 0 radical (unpaired) electrons. The number of benzene rings is 6. The molecule has 0 heterocycles. The van der Waals surface area contributed by atoms with E-state index in [0.29, 0.717) is 0 Å². The third kappa shape index (κ3) is 13.4. The first-order valence-corrected chi connectivity index (χ1v) is 21.0. The van der Waals surface area contributed by atoms with Crippen LogP contribution in [0.15, 0.2) is 182 Å². The molecule has 4 heteroatoms. The van der Waals surface area contributed by atoms with Crippen LogP contribution in [0.4, 0.5) is 0 Å². The highest BCUT2D eigenvalue weighted by atomic mass is 31.2. The first-order chi connectivity index (χ1) is 26.8. The van der Waals surface area contributed by atoms with Gasteiger partial charge in [-0.05, 0) is 92.7 Å². The topological polar surface area (TPSA) is 27.7 Å². The molecule has 0 saturated heterocycles. The Labute approximate surface area is 331 Å². The summed E-state index contributed by atoms with van der Waals surface area (Å²) in [4.78, 5) is 0. The van der Waals surface area contributed by atoms with Gasteiger partial charge in [0.1, 0.15) is 0 Å². The fraction of sp³-hybridized carbons (Fsp3) is 0.294. The summed E-state index contributed by atoms with van der Waals surface area (Å²) in [5.74, 6) is 0. The third-order valence-electron chi connectivity index (χ3n) is 10.5. The van der Waals surface area contributed by atoms with Crippen LogP contribution in [-0.4, -0.2) is 16.8 Å². The van der Waals surface area contributed by atoms with Crippen LogP contribution in [0.25, 0.3) is 0 Å². The molecule has 0 amide bonds. The van der Waals surface area contributed by atoms with Crippen molar-refractivity contribution in [3.63, 3.8) is 0 Å². The molecule has 55 heavy (non-hydrogen) atoms. The normalized spacial score (nSPS) is 15.3. The second-order valence-electron chi connectivity index (χ2n) is 15.8. The van der Waals surface area contributed by atoms with Crippen molar-refractivity contribution < 1.29 is 13.6 Å². The van der Waals surface area contributed by atoms with E-state index >= 15 is 0 Å². The monoisotopic (exact) mass is 748 g/mol. The molecule has 3 nitrogen and oxygen atoms in total. The van der Waals surface area contributed by atoms with Crippen LogP contribution >= 0.6 is 8.60 Å². The van der Waals surface area contributed by atoms with Crippen molar-refractivity contribution in [2.45, 2.75) is 95.4 Å². The van der Waals surface area contributed by atoms with Crippen molar-refractivity contribution in [1.82, 2.24) is 0 Å². The average molecular weight is 749 g/mol. The van der Waals surface area contributed by atoms with E-state index in [9.17, 15) is 0 Å². The third-order valence-corrected chi connectivity index (χ3v) is 12.3. The van der Waals surface area contributed by atoms with E-state index in [1.807, 2.05) is 0 Å². The van der Waals surface area contributed by atoms with Gasteiger partial charge in [-0.15, -0.1) is 0 Å². The van der Waals surface area contributed by atoms with E-state index in [1.54, 1.807) is 0 Å². The van der Waals surface area contributed by atoms with Crippen LogP contribution in [0, 0.1) is 0 Å². The van der Waals surface area contributed by atoms with Crippen LogP contribution < -0.4 is 0 Å². The molecule has 0 aromatic heterocycles. The highest BCUT2D eigenvalue weighted by Crippen LogP contribution is 2.54. The predicted octanol–water partition coefficient (Wildman–Crippen LogP) is 13.2. The Hall–Kier alpha value is -4.37. The Morgan fingerprint density at radius 2 is 0.509 bits per heavy atom. The molecule has 0 N–H and O–H groups in total. The van der Waals surface area contributed by atoms with Gasteiger partial charge in [0.25, 0.3) is 0 Å². The molecule has 0 aliphatic heterocycles. The summed E-state index contributed by atoms with van der Waals surface area (Å²) in [6.45, 7) is 6.76. The van der Waals surface area contributed by atoms with Crippen LogP contribution in [0.1, 0.15) is 73.4 Å². The van der Waals surface area contributed by atoms with Crippen LogP contribution in [0.2, 0.25) is 0 Å². The second-order valence-corrected chi connectivity index (χ2v) is 16.8. The van der Waals surface area contributed by atoms with E-state index in [-0.39, 0.29) is 0 Å². The lowest BCUT2D eigenvalue weighted by Crippen LogP contribution is -2.38. The molecule has 3 unspecified atom stereocenters. The number of rotatable bonds is 21. The quantitative estimate of drug-likeness (QED) is 0.0686. The fourth-order valence-corrected chi connectivity index (χ4v) is 9.00. The molecule has 0 bridgehead atoms. The zero-order chi connectivity index (χ0) is 38.2. The molecule has 6 rings (SSSR count). The summed E-state index contributed by atoms with van der Waals surface area (Å²) in [6, 6.07) is 64.3. The maximum atomic E-state index is 7.46.